The lowest BCUT2D eigenvalue weighted by Gasteiger charge is -2.18. The van der Waals surface area contributed by atoms with Gasteiger partial charge in [-0.1, -0.05) is 39.5 Å². The lowest BCUT2D eigenvalue weighted by Crippen LogP contribution is -2.08. The summed E-state index contributed by atoms with van der Waals surface area (Å²) in [5.41, 5.74) is 0.571. The van der Waals surface area contributed by atoms with Gasteiger partial charge in [-0.3, -0.25) is 4.98 Å². The molecule has 0 aliphatic carbocycles. The Hall–Kier alpha value is -0.960. The molecular weight excluding hydrogens is 217 g/mol. The number of hydrogen-bond acceptors (Lipinski definition) is 2. The van der Waals surface area contributed by atoms with Gasteiger partial charge in [-0.2, -0.15) is 0 Å². The lowest BCUT2D eigenvalue weighted by atomic mass is 9.92. The molecule has 0 aromatic carbocycles. The molecule has 0 spiro atoms. The zero-order valence-electron chi connectivity index (χ0n) is 10.7. The molecule has 0 saturated carbocycles. The van der Waals surface area contributed by atoms with Crippen molar-refractivity contribution < 1.29 is 9.50 Å². The van der Waals surface area contributed by atoms with Gasteiger partial charge in [0.05, 0.1) is 18.0 Å². The van der Waals surface area contributed by atoms with Crippen molar-refractivity contribution in [2.45, 2.75) is 52.1 Å². The Morgan fingerprint density at radius 3 is 2.65 bits per heavy atom. The average Bonchev–Trinajstić information content (AvgIpc) is 2.35. The van der Waals surface area contributed by atoms with Crippen molar-refractivity contribution in [1.29, 1.82) is 0 Å². The highest BCUT2D eigenvalue weighted by molar-refractivity contribution is 5.08. The quantitative estimate of drug-likeness (QED) is 0.783. The van der Waals surface area contributed by atoms with Crippen LogP contribution in [0.2, 0.25) is 0 Å². The molecule has 2 nitrogen and oxygen atoms in total. The number of rotatable bonds is 7. The standard InChI is InChI=1S/C14H22FNO/c1-3-5-6-11(4-2)9-14(17)13-8-7-12(15)10-16-13/h7-8,10-11,14,17H,3-6,9H2,1-2H3. The van der Waals surface area contributed by atoms with Gasteiger partial charge in [0.15, 0.2) is 0 Å². The summed E-state index contributed by atoms with van der Waals surface area (Å²) in [7, 11) is 0. The second kappa shape index (κ2) is 7.38. The van der Waals surface area contributed by atoms with Crippen LogP contribution in [0.1, 0.15) is 57.7 Å². The molecule has 3 heteroatoms. The number of aliphatic hydroxyl groups excluding tert-OH is 1. The van der Waals surface area contributed by atoms with E-state index < -0.39 is 6.10 Å². The first-order valence-electron chi connectivity index (χ1n) is 6.46. The van der Waals surface area contributed by atoms with Crippen LogP contribution >= 0.6 is 0 Å². The van der Waals surface area contributed by atoms with E-state index in [0.717, 1.165) is 25.5 Å². The highest BCUT2D eigenvalue weighted by Crippen LogP contribution is 2.25. The number of nitrogens with zero attached hydrogens (tertiary/aromatic N) is 1. The number of halogens is 1. The molecule has 0 aliphatic heterocycles. The second-order valence-corrected chi connectivity index (χ2v) is 4.57. The molecule has 0 radical (unpaired) electrons. The third-order valence-corrected chi connectivity index (χ3v) is 3.19. The van der Waals surface area contributed by atoms with Gasteiger partial charge in [-0.15, -0.1) is 0 Å². The normalized spacial score (nSPS) is 14.6. The van der Waals surface area contributed by atoms with Crippen LogP contribution in [-0.2, 0) is 0 Å². The average molecular weight is 239 g/mol. The van der Waals surface area contributed by atoms with E-state index in [1.165, 1.54) is 18.9 Å². The molecule has 0 fully saturated rings. The van der Waals surface area contributed by atoms with E-state index in [9.17, 15) is 9.50 Å². The maximum atomic E-state index is 12.7. The molecule has 1 heterocycles. The summed E-state index contributed by atoms with van der Waals surface area (Å²) in [6.45, 7) is 4.32. The van der Waals surface area contributed by atoms with E-state index in [2.05, 4.69) is 18.8 Å². The van der Waals surface area contributed by atoms with Crippen molar-refractivity contribution >= 4 is 0 Å². The smallest absolute Gasteiger partial charge is 0.141 e. The fourth-order valence-electron chi connectivity index (χ4n) is 2.00. The van der Waals surface area contributed by atoms with Gasteiger partial charge in [0, 0.05) is 0 Å². The first-order valence-corrected chi connectivity index (χ1v) is 6.46. The van der Waals surface area contributed by atoms with E-state index >= 15 is 0 Å². The zero-order valence-corrected chi connectivity index (χ0v) is 10.7. The largest absolute Gasteiger partial charge is 0.387 e. The monoisotopic (exact) mass is 239 g/mol. The summed E-state index contributed by atoms with van der Waals surface area (Å²) in [4.78, 5) is 3.92. The molecule has 17 heavy (non-hydrogen) atoms. The van der Waals surface area contributed by atoms with E-state index in [-0.39, 0.29) is 5.82 Å². The van der Waals surface area contributed by atoms with Crippen LogP contribution in [0.25, 0.3) is 0 Å². The first kappa shape index (κ1) is 14.1. The molecule has 2 atom stereocenters. The Balaban J connectivity index is 2.51. The lowest BCUT2D eigenvalue weighted by molar-refractivity contribution is 0.135. The molecule has 1 rings (SSSR count). The summed E-state index contributed by atoms with van der Waals surface area (Å²) in [6, 6.07) is 2.91. The molecule has 1 aromatic heterocycles. The fourth-order valence-corrected chi connectivity index (χ4v) is 2.00. The Kier molecular flexibility index (Phi) is 6.12. The highest BCUT2D eigenvalue weighted by Gasteiger charge is 2.15. The third-order valence-electron chi connectivity index (χ3n) is 3.19. The van der Waals surface area contributed by atoms with Gasteiger partial charge in [-0.25, -0.2) is 4.39 Å². The fraction of sp³-hybridized carbons (Fsp3) is 0.643. The highest BCUT2D eigenvalue weighted by atomic mass is 19.1. The Bertz CT molecular complexity index is 313. The predicted molar refractivity (Wildman–Crippen MR) is 67.1 cm³/mol. The summed E-state index contributed by atoms with van der Waals surface area (Å²) in [6.07, 6.45) is 5.89. The minimum absolute atomic E-state index is 0.362. The van der Waals surface area contributed by atoms with Gasteiger partial charge in [-0.05, 0) is 24.5 Å². The second-order valence-electron chi connectivity index (χ2n) is 4.57. The minimum Gasteiger partial charge on any atom is -0.387 e. The van der Waals surface area contributed by atoms with E-state index in [0.29, 0.717) is 11.6 Å². The summed E-state index contributed by atoms with van der Waals surface area (Å²) in [5.74, 6) is 0.163. The van der Waals surface area contributed by atoms with Gasteiger partial charge in [0.25, 0.3) is 0 Å². The molecular formula is C14H22FNO. The molecule has 0 amide bonds. The molecule has 2 unspecified atom stereocenters. The van der Waals surface area contributed by atoms with Crippen LogP contribution in [0, 0.1) is 11.7 Å². The van der Waals surface area contributed by atoms with E-state index in [1.807, 2.05) is 0 Å². The van der Waals surface area contributed by atoms with Crippen molar-refractivity contribution in [3.8, 4) is 0 Å². The van der Waals surface area contributed by atoms with E-state index in [1.54, 1.807) is 6.07 Å². The molecule has 1 N–H and O–H groups in total. The van der Waals surface area contributed by atoms with Crippen LogP contribution in [-0.4, -0.2) is 10.1 Å². The van der Waals surface area contributed by atoms with E-state index in [4.69, 9.17) is 0 Å². The van der Waals surface area contributed by atoms with Gasteiger partial charge in [0.2, 0.25) is 0 Å². The Labute approximate surface area is 103 Å². The van der Waals surface area contributed by atoms with Crippen LogP contribution in [0.3, 0.4) is 0 Å². The van der Waals surface area contributed by atoms with Gasteiger partial charge >= 0.3 is 0 Å². The number of hydrogen-bond donors (Lipinski definition) is 1. The number of aromatic nitrogens is 1. The van der Waals surface area contributed by atoms with Crippen molar-refractivity contribution in [2.75, 3.05) is 0 Å². The first-order chi connectivity index (χ1) is 8.17. The zero-order chi connectivity index (χ0) is 12.7. The van der Waals surface area contributed by atoms with Crippen LogP contribution in [0.15, 0.2) is 18.3 Å². The summed E-state index contributed by atoms with van der Waals surface area (Å²) >= 11 is 0. The van der Waals surface area contributed by atoms with Crippen molar-refractivity contribution in [1.82, 2.24) is 4.98 Å². The van der Waals surface area contributed by atoms with Crippen LogP contribution in [0.4, 0.5) is 4.39 Å². The number of pyridine rings is 1. The third kappa shape index (κ3) is 4.82. The number of unbranched alkanes of at least 4 members (excludes halogenated alkanes) is 1. The summed E-state index contributed by atoms with van der Waals surface area (Å²) < 4.78 is 12.7. The van der Waals surface area contributed by atoms with Gasteiger partial charge < -0.3 is 5.11 Å². The maximum Gasteiger partial charge on any atom is 0.141 e. The number of aliphatic hydroxyl groups is 1. The van der Waals surface area contributed by atoms with Crippen LogP contribution < -0.4 is 0 Å². The topological polar surface area (TPSA) is 33.1 Å². The Morgan fingerprint density at radius 1 is 1.35 bits per heavy atom. The van der Waals surface area contributed by atoms with Crippen molar-refractivity contribution in [3.05, 3.63) is 29.8 Å². The van der Waals surface area contributed by atoms with Crippen molar-refractivity contribution in [2.24, 2.45) is 5.92 Å². The van der Waals surface area contributed by atoms with Crippen molar-refractivity contribution in [3.63, 3.8) is 0 Å². The molecule has 96 valence electrons. The van der Waals surface area contributed by atoms with Crippen LogP contribution in [0.5, 0.6) is 0 Å². The maximum absolute atomic E-state index is 12.7. The summed E-state index contributed by atoms with van der Waals surface area (Å²) in [5, 5.41) is 10.0. The molecule has 0 bridgehead atoms. The predicted octanol–water partition coefficient (Wildman–Crippen LogP) is 3.86. The molecule has 0 aliphatic rings. The molecule has 0 saturated heterocycles. The minimum atomic E-state index is -0.572. The molecule has 1 aromatic rings. The Morgan fingerprint density at radius 2 is 2.12 bits per heavy atom. The van der Waals surface area contributed by atoms with Gasteiger partial charge in [0.1, 0.15) is 5.82 Å². The SMILES string of the molecule is CCCCC(CC)CC(O)c1ccc(F)cn1.